The lowest BCUT2D eigenvalue weighted by Crippen LogP contribution is -2.13. The Morgan fingerprint density at radius 3 is 2.41 bits per heavy atom. The van der Waals surface area contributed by atoms with Gasteiger partial charge in [-0.3, -0.25) is 4.79 Å². The van der Waals surface area contributed by atoms with E-state index in [0.29, 0.717) is 0 Å². The Morgan fingerprint density at radius 1 is 1.23 bits per heavy atom. The molecule has 2 rings (SSSR count). The SMILES string of the molecule is CC(C)OC(=O)Cc1csc(-c2ccc(C(C)(C)C)cc2)n1. The maximum absolute atomic E-state index is 11.7. The Hall–Kier alpha value is -1.68. The van der Waals surface area contributed by atoms with Gasteiger partial charge in [-0.25, -0.2) is 4.98 Å². The van der Waals surface area contributed by atoms with E-state index in [2.05, 4.69) is 50.0 Å². The summed E-state index contributed by atoms with van der Waals surface area (Å²) in [5.74, 6) is -0.227. The smallest absolute Gasteiger partial charge is 0.312 e. The quantitative estimate of drug-likeness (QED) is 0.774. The zero-order valence-electron chi connectivity index (χ0n) is 13.8. The highest BCUT2D eigenvalue weighted by Gasteiger charge is 2.14. The first kappa shape index (κ1) is 16.7. The van der Waals surface area contributed by atoms with Gasteiger partial charge in [0.2, 0.25) is 0 Å². The summed E-state index contributed by atoms with van der Waals surface area (Å²) in [6, 6.07) is 8.47. The fourth-order valence-corrected chi connectivity index (χ4v) is 2.91. The van der Waals surface area contributed by atoms with Crippen LogP contribution in [0, 0.1) is 0 Å². The van der Waals surface area contributed by atoms with Gasteiger partial charge in [0.1, 0.15) is 5.01 Å². The predicted octanol–water partition coefficient (Wildman–Crippen LogP) is 4.60. The van der Waals surface area contributed by atoms with Gasteiger partial charge in [-0.15, -0.1) is 11.3 Å². The average molecular weight is 317 g/mol. The number of carbonyl (C=O) groups is 1. The second kappa shape index (κ2) is 6.61. The van der Waals surface area contributed by atoms with Crippen LogP contribution in [-0.2, 0) is 21.4 Å². The van der Waals surface area contributed by atoms with Crippen LogP contribution in [0.4, 0.5) is 0 Å². The molecule has 0 fully saturated rings. The molecule has 2 aromatic rings. The van der Waals surface area contributed by atoms with Crippen LogP contribution in [0.25, 0.3) is 10.6 Å². The second-order valence-corrected chi connectivity index (χ2v) is 7.54. The highest BCUT2D eigenvalue weighted by molar-refractivity contribution is 7.13. The third-order valence-electron chi connectivity index (χ3n) is 3.24. The van der Waals surface area contributed by atoms with Crippen molar-refractivity contribution in [3.63, 3.8) is 0 Å². The Labute approximate surface area is 136 Å². The standard InChI is InChI=1S/C18H23NO2S/c1-12(2)21-16(20)10-15-11-22-17(19-15)13-6-8-14(9-7-13)18(3,4)5/h6-9,11-12H,10H2,1-5H3. The molecule has 1 aromatic carbocycles. The lowest BCUT2D eigenvalue weighted by atomic mass is 9.87. The maximum Gasteiger partial charge on any atom is 0.312 e. The Kier molecular flexibility index (Phi) is 5.01. The number of aromatic nitrogens is 1. The van der Waals surface area contributed by atoms with E-state index < -0.39 is 0 Å². The van der Waals surface area contributed by atoms with Crippen LogP contribution >= 0.6 is 11.3 Å². The Morgan fingerprint density at radius 2 is 1.86 bits per heavy atom. The van der Waals surface area contributed by atoms with Gasteiger partial charge in [0, 0.05) is 10.9 Å². The van der Waals surface area contributed by atoms with Crippen molar-refractivity contribution in [3.05, 3.63) is 40.9 Å². The summed E-state index contributed by atoms with van der Waals surface area (Å²) in [6.07, 6.45) is 0.143. The first-order chi connectivity index (χ1) is 10.3. The van der Waals surface area contributed by atoms with Crippen molar-refractivity contribution in [1.29, 1.82) is 0 Å². The minimum absolute atomic E-state index is 0.0875. The monoisotopic (exact) mass is 317 g/mol. The summed E-state index contributed by atoms with van der Waals surface area (Å²) >= 11 is 1.56. The van der Waals surface area contributed by atoms with Crippen LogP contribution in [0.2, 0.25) is 0 Å². The molecule has 0 N–H and O–H groups in total. The normalized spacial score (nSPS) is 11.7. The zero-order valence-corrected chi connectivity index (χ0v) is 14.7. The van der Waals surface area contributed by atoms with Gasteiger partial charge < -0.3 is 4.74 Å². The number of rotatable bonds is 4. The summed E-state index contributed by atoms with van der Waals surface area (Å²) in [5, 5.41) is 2.86. The molecule has 0 spiro atoms. The van der Waals surface area contributed by atoms with Gasteiger partial charge in [-0.05, 0) is 24.8 Å². The lowest BCUT2D eigenvalue weighted by Gasteiger charge is -2.18. The molecular weight excluding hydrogens is 294 g/mol. The van der Waals surface area contributed by atoms with Crippen molar-refractivity contribution >= 4 is 17.3 Å². The molecule has 0 saturated heterocycles. The van der Waals surface area contributed by atoms with Crippen molar-refractivity contribution in [2.24, 2.45) is 0 Å². The molecule has 0 saturated carbocycles. The van der Waals surface area contributed by atoms with E-state index in [9.17, 15) is 4.79 Å². The summed E-state index contributed by atoms with van der Waals surface area (Å²) in [7, 11) is 0. The molecule has 1 aromatic heterocycles. The predicted molar refractivity (Wildman–Crippen MR) is 91.2 cm³/mol. The van der Waals surface area contributed by atoms with Crippen molar-refractivity contribution in [3.8, 4) is 10.6 Å². The van der Waals surface area contributed by atoms with E-state index in [0.717, 1.165) is 16.3 Å². The van der Waals surface area contributed by atoms with Crippen LogP contribution in [0.5, 0.6) is 0 Å². The number of ether oxygens (including phenoxy) is 1. The van der Waals surface area contributed by atoms with Crippen LogP contribution in [-0.4, -0.2) is 17.1 Å². The molecule has 0 atom stereocenters. The summed E-state index contributed by atoms with van der Waals surface area (Å²) in [5.41, 5.74) is 3.30. The maximum atomic E-state index is 11.7. The Bertz CT molecular complexity index is 636. The van der Waals surface area contributed by atoms with Crippen LogP contribution < -0.4 is 0 Å². The summed E-state index contributed by atoms with van der Waals surface area (Å²) in [4.78, 5) is 16.2. The van der Waals surface area contributed by atoms with Crippen LogP contribution in [0.3, 0.4) is 0 Å². The number of thiazole rings is 1. The van der Waals surface area contributed by atoms with Crippen molar-refractivity contribution in [2.75, 3.05) is 0 Å². The van der Waals surface area contributed by atoms with E-state index >= 15 is 0 Å². The van der Waals surface area contributed by atoms with Crippen molar-refractivity contribution in [2.45, 2.75) is 52.6 Å². The van der Waals surface area contributed by atoms with Crippen LogP contribution in [0.15, 0.2) is 29.6 Å². The minimum atomic E-state index is -0.227. The van der Waals surface area contributed by atoms with Gasteiger partial charge >= 0.3 is 5.97 Å². The first-order valence-electron chi connectivity index (χ1n) is 7.50. The Balaban J connectivity index is 2.09. The molecule has 0 aliphatic heterocycles. The first-order valence-corrected chi connectivity index (χ1v) is 8.38. The average Bonchev–Trinajstić information content (AvgIpc) is 2.85. The molecule has 0 radical (unpaired) electrons. The van der Waals surface area contributed by atoms with Gasteiger partial charge in [0.25, 0.3) is 0 Å². The highest BCUT2D eigenvalue weighted by atomic mass is 32.1. The molecule has 0 bridgehead atoms. The third-order valence-corrected chi connectivity index (χ3v) is 4.18. The molecule has 0 aliphatic carbocycles. The number of hydrogen-bond acceptors (Lipinski definition) is 4. The van der Waals surface area contributed by atoms with Crippen molar-refractivity contribution in [1.82, 2.24) is 4.98 Å². The minimum Gasteiger partial charge on any atom is -0.463 e. The van der Waals surface area contributed by atoms with E-state index in [-0.39, 0.29) is 23.9 Å². The van der Waals surface area contributed by atoms with Gasteiger partial charge in [0.05, 0.1) is 18.2 Å². The number of nitrogens with zero attached hydrogens (tertiary/aromatic N) is 1. The molecule has 118 valence electrons. The number of hydrogen-bond donors (Lipinski definition) is 0. The summed E-state index contributed by atoms with van der Waals surface area (Å²) in [6.45, 7) is 10.3. The molecule has 4 heteroatoms. The van der Waals surface area contributed by atoms with E-state index in [1.165, 1.54) is 5.56 Å². The van der Waals surface area contributed by atoms with E-state index in [4.69, 9.17) is 4.74 Å². The van der Waals surface area contributed by atoms with Gasteiger partial charge in [-0.1, -0.05) is 45.0 Å². The number of esters is 1. The van der Waals surface area contributed by atoms with Gasteiger partial charge in [0.15, 0.2) is 0 Å². The molecule has 0 amide bonds. The molecule has 1 heterocycles. The van der Waals surface area contributed by atoms with Gasteiger partial charge in [-0.2, -0.15) is 0 Å². The van der Waals surface area contributed by atoms with Crippen molar-refractivity contribution < 1.29 is 9.53 Å². The zero-order chi connectivity index (χ0) is 16.3. The van der Waals surface area contributed by atoms with Crippen LogP contribution in [0.1, 0.15) is 45.9 Å². The fraction of sp³-hybridized carbons (Fsp3) is 0.444. The highest BCUT2D eigenvalue weighted by Crippen LogP contribution is 2.28. The van der Waals surface area contributed by atoms with E-state index in [1.54, 1.807) is 11.3 Å². The number of carbonyl (C=O) groups excluding carboxylic acids is 1. The lowest BCUT2D eigenvalue weighted by molar-refractivity contribution is -0.146. The molecule has 0 unspecified atom stereocenters. The largest absolute Gasteiger partial charge is 0.463 e. The second-order valence-electron chi connectivity index (χ2n) is 6.69. The van der Waals surface area contributed by atoms with E-state index in [1.807, 2.05) is 19.2 Å². The molecule has 3 nitrogen and oxygen atoms in total. The number of benzene rings is 1. The summed E-state index contributed by atoms with van der Waals surface area (Å²) < 4.78 is 5.15. The fourth-order valence-electron chi connectivity index (χ4n) is 2.09. The third kappa shape index (κ3) is 4.41. The molecule has 22 heavy (non-hydrogen) atoms. The molecule has 0 aliphatic rings. The molecular formula is C18H23NO2S. The topological polar surface area (TPSA) is 39.2 Å².